The van der Waals surface area contributed by atoms with Crippen LogP contribution in [0.15, 0.2) is 0 Å². The molecule has 2 heterocycles. The largest absolute Gasteiger partial charge is 0.483 e. The number of carbonyl (C=O) groups excluding carboxylic acids is 1. The third kappa shape index (κ3) is 7.22. The van der Waals surface area contributed by atoms with Crippen molar-refractivity contribution in [3.63, 3.8) is 0 Å². The summed E-state index contributed by atoms with van der Waals surface area (Å²) in [5.41, 5.74) is 0.182. The number of carboxylic acid groups (broad SMARTS) is 1. The molecule has 0 aromatic heterocycles. The van der Waals surface area contributed by atoms with Gasteiger partial charge in [0.15, 0.2) is 9.84 Å². The van der Waals surface area contributed by atoms with Crippen molar-refractivity contribution >= 4 is 22.2 Å². The van der Waals surface area contributed by atoms with Gasteiger partial charge in [-0.15, -0.1) is 0 Å². The second-order valence-electron chi connectivity index (χ2n) is 8.65. The number of carbonyl (C=O) groups is 2. The van der Waals surface area contributed by atoms with Gasteiger partial charge in [0.2, 0.25) is 5.91 Å². The molecular formula is C20H37N3O5S. The fraction of sp³-hybridized carbons (Fsp3) is 0.900. The number of sulfone groups is 1. The lowest BCUT2D eigenvalue weighted by Gasteiger charge is -2.43. The molecule has 2 N–H and O–H groups in total. The summed E-state index contributed by atoms with van der Waals surface area (Å²) < 4.78 is 23.2. The number of amides is 1. The highest BCUT2D eigenvalue weighted by Crippen LogP contribution is 2.36. The Bertz CT molecular complexity index is 628. The molecule has 1 amide bonds. The van der Waals surface area contributed by atoms with Gasteiger partial charge in [0.25, 0.3) is 6.47 Å². The fourth-order valence-electron chi connectivity index (χ4n) is 4.94. The van der Waals surface area contributed by atoms with E-state index in [9.17, 15) is 13.2 Å². The predicted molar refractivity (Wildman–Crippen MR) is 113 cm³/mol. The van der Waals surface area contributed by atoms with E-state index in [-0.39, 0.29) is 35.5 Å². The van der Waals surface area contributed by atoms with Crippen molar-refractivity contribution < 1.29 is 23.1 Å². The van der Waals surface area contributed by atoms with Crippen molar-refractivity contribution in [3.05, 3.63) is 0 Å². The zero-order valence-corrected chi connectivity index (χ0v) is 18.5. The number of nitrogens with zero attached hydrogens (tertiary/aromatic N) is 2. The van der Waals surface area contributed by atoms with Crippen molar-refractivity contribution in [1.82, 2.24) is 15.1 Å². The Morgan fingerprint density at radius 1 is 1.21 bits per heavy atom. The molecule has 1 atom stereocenters. The van der Waals surface area contributed by atoms with Crippen molar-refractivity contribution in [2.45, 2.75) is 69.4 Å². The third-order valence-corrected chi connectivity index (χ3v) is 8.45. The molecule has 3 fully saturated rings. The molecule has 0 aromatic carbocycles. The van der Waals surface area contributed by atoms with E-state index in [4.69, 9.17) is 9.90 Å². The quantitative estimate of drug-likeness (QED) is 0.582. The van der Waals surface area contributed by atoms with E-state index in [1.807, 2.05) is 11.9 Å². The molecule has 168 valence electrons. The summed E-state index contributed by atoms with van der Waals surface area (Å²) in [6.07, 6.45) is 9.98. The molecule has 2 aliphatic heterocycles. The van der Waals surface area contributed by atoms with Gasteiger partial charge in [0.05, 0.1) is 11.5 Å². The zero-order chi connectivity index (χ0) is 21.3. The maximum Gasteiger partial charge on any atom is 0.290 e. The van der Waals surface area contributed by atoms with E-state index in [1.165, 1.54) is 58.0 Å². The molecule has 0 radical (unpaired) electrons. The van der Waals surface area contributed by atoms with Crippen LogP contribution in [0.3, 0.4) is 0 Å². The summed E-state index contributed by atoms with van der Waals surface area (Å²) >= 11 is 0. The topological polar surface area (TPSA) is 107 Å². The molecule has 29 heavy (non-hydrogen) atoms. The molecule has 3 aliphatic rings. The first-order valence-corrected chi connectivity index (χ1v) is 12.6. The average molecular weight is 432 g/mol. The molecule has 0 spiro atoms. The van der Waals surface area contributed by atoms with Gasteiger partial charge in [0.1, 0.15) is 0 Å². The minimum absolute atomic E-state index is 0.0716. The SMILES string of the molecule is CN(CCC(=O)NCC1(N2CCCCC2)CCCC1)C1CCS(=O)(=O)C1.O=CO. The predicted octanol–water partition coefficient (Wildman–Crippen LogP) is 1.11. The Labute approximate surface area is 174 Å². The van der Waals surface area contributed by atoms with Gasteiger partial charge < -0.3 is 15.3 Å². The highest BCUT2D eigenvalue weighted by Gasteiger charge is 2.40. The average Bonchev–Trinajstić information content (AvgIpc) is 3.33. The van der Waals surface area contributed by atoms with Crippen molar-refractivity contribution in [1.29, 1.82) is 0 Å². The van der Waals surface area contributed by atoms with Gasteiger partial charge in [-0.3, -0.25) is 14.5 Å². The molecule has 1 aliphatic carbocycles. The number of likely N-dealkylation sites (tertiary alicyclic amines) is 1. The lowest BCUT2D eigenvalue weighted by Crippen LogP contribution is -2.55. The van der Waals surface area contributed by atoms with E-state index in [2.05, 4.69) is 10.2 Å². The van der Waals surface area contributed by atoms with E-state index in [0.29, 0.717) is 19.4 Å². The monoisotopic (exact) mass is 431 g/mol. The first kappa shape index (κ1) is 24.1. The molecule has 3 rings (SSSR count). The molecule has 1 saturated carbocycles. The molecule has 2 saturated heterocycles. The maximum atomic E-state index is 12.4. The standard InChI is InChI=1S/C19H35N3O3S.CH2O2/c1-21(17-8-14-26(24,25)15-17)13-7-18(23)20-16-19(9-3-4-10-19)22-11-5-2-6-12-22;2-1-3/h17H,2-16H2,1H3,(H,20,23);1H,(H,2,3). The normalized spacial score (nSPS) is 25.9. The highest BCUT2D eigenvalue weighted by atomic mass is 32.2. The minimum atomic E-state index is -2.87. The summed E-state index contributed by atoms with van der Waals surface area (Å²) in [6, 6.07) is 0.0716. The second-order valence-corrected chi connectivity index (χ2v) is 10.9. The van der Waals surface area contributed by atoms with Crippen LogP contribution in [0.25, 0.3) is 0 Å². The Morgan fingerprint density at radius 2 is 1.83 bits per heavy atom. The molecule has 1 unspecified atom stereocenters. The Hall–Kier alpha value is -1.19. The van der Waals surface area contributed by atoms with Crippen molar-refractivity contribution in [2.24, 2.45) is 0 Å². The molecular weight excluding hydrogens is 394 g/mol. The van der Waals surface area contributed by atoms with Gasteiger partial charge >= 0.3 is 0 Å². The lowest BCUT2D eigenvalue weighted by molar-refractivity contribution is -0.123. The fourth-order valence-corrected chi connectivity index (χ4v) is 6.75. The van der Waals surface area contributed by atoms with E-state index in [0.717, 1.165) is 6.54 Å². The van der Waals surface area contributed by atoms with Gasteiger partial charge in [0, 0.05) is 31.1 Å². The summed E-state index contributed by atoms with van der Waals surface area (Å²) in [5, 5.41) is 10.1. The summed E-state index contributed by atoms with van der Waals surface area (Å²) in [5.74, 6) is 0.622. The van der Waals surface area contributed by atoms with Crippen LogP contribution in [0.2, 0.25) is 0 Å². The second kappa shape index (κ2) is 11.3. The number of piperidine rings is 1. The molecule has 0 bridgehead atoms. The number of hydrogen-bond acceptors (Lipinski definition) is 6. The number of rotatable bonds is 7. The van der Waals surface area contributed by atoms with E-state index >= 15 is 0 Å². The molecule has 9 heteroatoms. The Morgan fingerprint density at radius 3 is 2.38 bits per heavy atom. The third-order valence-electron chi connectivity index (χ3n) is 6.70. The van der Waals surface area contributed by atoms with Gasteiger partial charge in [-0.25, -0.2) is 8.42 Å². The van der Waals surface area contributed by atoms with Crippen LogP contribution in [0.5, 0.6) is 0 Å². The number of hydrogen-bond donors (Lipinski definition) is 2. The van der Waals surface area contributed by atoms with Gasteiger partial charge in [-0.2, -0.15) is 0 Å². The van der Waals surface area contributed by atoms with Crippen molar-refractivity contribution in [3.8, 4) is 0 Å². The van der Waals surface area contributed by atoms with Crippen LogP contribution in [-0.4, -0.2) is 92.0 Å². The van der Waals surface area contributed by atoms with E-state index < -0.39 is 9.84 Å². The van der Waals surface area contributed by atoms with Crippen LogP contribution in [0, 0.1) is 0 Å². The first-order valence-electron chi connectivity index (χ1n) is 10.8. The van der Waals surface area contributed by atoms with Crippen LogP contribution in [-0.2, 0) is 19.4 Å². The number of nitrogens with one attached hydrogen (secondary N) is 1. The minimum Gasteiger partial charge on any atom is -0.483 e. The van der Waals surface area contributed by atoms with Gasteiger partial charge in [-0.05, 0) is 52.2 Å². The Balaban J connectivity index is 0.000000941. The smallest absolute Gasteiger partial charge is 0.290 e. The zero-order valence-electron chi connectivity index (χ0n) is 17.6. The summed E-state index contributed by atoms with van der Waals surface area (Å²) in [6.45, 7) is 3.50. The molecule has 0 aromatic rings. The first-order chi connectivity index (χ1) is 13.8. The van der Waals surface area contributed by atoms with Crippen LogP contribution < -0.4 is 5.32 Å². The van der Waals surface area contributed by atoms with E-state index in [1.54, 1.807) is 0 Å². The lowest BCUT2D eigenvalue weighted by atomic mass is 9.92. The summed E-state index contributed by atoms with van der Waals surface area (Å²) in [4.78, 5) is 25.4. The molecule has 8 nitrogen and oxygen atoms in total. The highest BCUT2D eigenvalue weighted by molar-refractivity contribution is 7.91. The van der Waals surface area contributed by atoms with Crippen LogP contribution in [0.4, 0.5) is 0 Å². The van der Waals surface area contributed by atoms with Gasteiger partial charge in [-0.1, -0.05) is 19.3 Å². The Kier molecular flexibility index (Phi) is 9.36. The van der Waals surface area contributed by atoms with Crippen LogP contribution >= 0.6 is 0 Å². The van der Waals surface area contributed by atoms with Crippen molar-refractivity contribution in [2.75, 3.05) is 44.7 Å². The maximum absolute atomic E-state index is 12.4. The van der Waals surface area contributed by atoms with Crippen LogP contribution in [0.1, 0.15) is 57.8 Å². The summed E-state index contributed by atoms with van der Waals surface area (Å²) in [7, 11) is -0.933.